The Bertz CT molecular complexity index is 960. The van der Waals surface area contributed by atoms with Crippen LogP contribution in [-0.4, -0.2) is 16.8 Å². The summed E-state index contributed by atoms with van der Waals surface area (Å²) in [5.41, 5.74) is 9.31. The number of hydrogen-bond acceptors (Lipinski definition) is 4. The SMILES string of the molecule is CCC(NC(=O)CC(N)c1ccc(C(=O)Nc2ccncc2)cc1)c1ccccc1. The van der Waals surface area contributed by atoms with Crippen LogP contribution in [0.3, 0.4) is 0 Å². The van der Waals surface area contributed by atoms with Crippen LogP contribution in [0, 0.1) is 0 Å². The first-order chi connectivity index (χ1) is 14.6. The minimum atomic E-state index is -0.449. The Hall–Kier alpha value is -3.51. The van der Waals surface area contributed by atoms with Crippen LogP contribution in [0.15, 0.2) is 79.1 Å². The van der Waals surface area contributed by atoms with Gasteiger partial charge in [-0.25, -0.2) is 0 Å². The van der Waals surface area contributed by atoms with Gasteiger partial charge in [0.25, 0.3) is 5.91 Å². The van der Waals surface area contributed by atoms with E-state index in [1.807, 2.05) is 37.3 Å². The fraction of sp³-hybridized carbons (Fsp3) is 0.208. The molecule has 0 spiro atoms. The van der Waals surface area contributed by atoms with E-state index >= 15 is 0 Å². The molecule has 154 valence electrons. The molecule has 1 heterocycles. The minimum absolute atomic E-state index is 0.0369. The normalized spacial score (nSPS) is 12.6. The van der Waals surface area contributed by atoms with E-state index in [-0.39, 0.29) is 24.3 Å². The van der Waals surface area contributed by atoms with Gasteiger partial charge >= 0.3 is 0 Å². The quantitative estimate of drug-likeness (QED) is 0.531. The molecule has 0 radical (unpaired) electrons. The van der Waals surface area contributed by atoms with E-state index in [0.29, 0.717) is 11.3 Å². The number of anilines is 1. The first kappa shape index (κ1) is 21.2. The van der Waals surface area contributed by atoms with E-state index < -0.39 is 6.04 Å². The molecule has 6 nitrogen and oxygen atoms in total. The predicted octanol–water partition coefficient (Wildman–Crippen LogP) is 3.99. The molecule has 2 amide bonds. The van der Waals surface area contributed by atoms with E-state index in [2.05, 4.69) is 15.6 Å². The lowest BCUT2D eigenvalue weighted by atomic mass is 10.0. The van der Waals surface area contributed by atoms with Crippen LogP contribution < -0.4 is 16.4 Å². The molecule has 3 aromatic rings. The third kappa shape index (κ3) is 5.75. The summed E-state index contributed by atoms with van der Waals surface area (Å²) in [6.45, 7) is 2.04. The Morgan fingerprint density at radius 1 is 0.933 bits per heavy atom. The number of pyridine rings is 1. The Morgan fingerprint density at radius 2 is 1.60 bits per heavy atom. The second-order valence-electron chi connectivity index (χ2n) is 7.06. The van der Waals surface area contributed by atoms with Gasteiger partial charge in [-0.3, -0.25) is 14.6 Å². The molecule has 0 aliphatic rings. The van der Waals surface area contributed by atoms with Crippen molar-refractivity contribution in [2.45, 2.75) is 31.8 Å². The summed E-state index contributed by atoms with van der Waals surface area (Å²) in [5, 5.41) is 5.86. The van der Waals surface area contributed by atoms with Crippen molar-refractivity contribution in [3.8, 4) is 0 Å². The number of carbonyl (C=O) groups excluding carboxylic acids is 2. The smallest absolute Gasteiger partial charge is 0.255 e. The van der Waals surface area contributed by atoms with E-state index in [1.165, 1.54) is 0 Å². The first-order valence-corrected chi connectivity index (χ1v) is 9.98. The zero-order valence-electron chi connectivity index (χ0n) is 16.9. The monoisotopic (exact) mass is 402 g/mol. The van der Waals surface area contributed by atoms with E-state index in [1.54, 1.807) is 48.8 Å². The highest BCUT2D eigenvalue weighted by Gasteiger charge is 2.17. The lowest BCUT2D eigenvalue weighted by Gasteiger charge is -2.19. The largest absolute Gasteiger partial charge is 0.349 e. The van der Waals surface area contributed by atoms with Crippen LogP contribution in [0.25, 0.3) is 0 Å². The van der Waals surface area contributed by atoms with Crippen LogP contribution in [-0.2, 0) is 4.79 Å². The van der Waals surface area contributed by atoms with Gasteiger partial charge in [-0.2, -0.15) is 0 Å². The standard InChI is InChI=1S/C24H26N4O2/c1-2-22(18-6-4-3-5-7-18)28-23(29)16-21(25)17-8-10-19(11-9-17)24(30)27-20-12-14-26-15-13-20/h3-15,21-22H,2,16,25H2,1H3,(H,28,29)(H,26,27,30). The highest BCUT2D eigenvalue weighted by Crippen LogP contribution is 2.19. The maximum absolute atomic E-state index is 12.5. The van der Waals surface area contributed by atoms with Crippen molar-refractivity contribution in [1.82, 2.24) is 10.3 Å². The van der Waals surface area contributed by atoms with Crippen LogP contribution in [0.2, 0.25) is 0 Å². The molecule has 2 unspecified atom stereocenters. The molecule has 2 aromatic carbocycles. The van der Waals surface area contributed by atoms with Gasteiger partial charge in [-0.15, -0.1) is 0 Å². The molecule has 0 bridgehead atoms. The average molecular weight is 402 g/mol. The van der Waals surface area contributed by atoms with Crippen LogP contribution in [0.1, 0.15) is 53.3 Å². The zero-order valence-corrected chi connectivity index (χ0v) is 16.9. The Labute approximate surface area is 176 Å². The first-order valence-electron chi connectivity index (χ1n) is 9.98. The molecule has 4 N–H and O–H groups in total. The van der Waals surface area contributed by atoms with Crippen molar-refractivity contribution in [3.63, 3.8) is 0 Å². The highest BCUT2D eigenvalue weighted by atomic mass is 16.2. The van der Waals surface area contributed by atoms with Crippen LogP contribution in [0.4, 0.5) is 5.69 Å². The number of amides is 2. The second kappa shape index (κ2) is 10.3. The van der Waals surface area contributed by atoms with Crippen molar-refractivity contribution in [1.29, 1.82) is 0 Å². The summed E-state index contributed by atoms with van der Waals surface area (Å²) in [5.74, 6) is -0.314. The van der Waals surface area contributed by atoms with Gasteiger partial charge in [0.05, 0.1) is 6.04 Å². The third-order valence-corrected chi connectivity index (χ3v) is 4.89. The second-order valence-corrected chi connectivity index (χ2v) is 7.06. The number of hydrogen-bond donors (Lipinski definition) is 3. The lowest BCUT2D eigenvalue weighted by Crippen LogP contribution is -2.31. The number of benzene rings is 2. The molecule has 2 atom stereocenters. The summed E-state index contributed by atoms with van der Waals surface area (Å²) in [6, 6.07) is 19.8. The fourth-order valence-electron chi connectivity index (χ4n) is 3.20. The van der Waals surface area contributed by atoms with Gasteiger partial charge in [0.1, 0.15) is 0 Å². The van der Waals surface area contributed by atoms with Crippen molar-refractivity contribution in [3.05, 3.63) is 95.8 Å². The summed E-state index contributed by atoms with van der Waals surface area (Å²) in [7, 11) is 0. The van der Waals surface area contributed by atoms with Crippen LogP contribution >= 0.6 is 0 Å². The number of rotatable bonds is 8. The summed E-state index contributed by atoms with van der Waals surface area (Å²) >= 11 is 0. The maximum atomic E-state index is 12.5. The number of aromatic nitrogens is 1. The van der Waals surface area contributed by atoms with Crippen molar-refractivity contribution in [2.75, 3.05) is 5.32 Å². The molecule has 0 fully saturated rings. The van der Waals surface area contributed by atoms with Crippen molar-refractivity contribution < 1.29 is 9.59 Å². The molecule has 1 aromatic heterocycles. The number of nitrogens with one attached hydrogen (secondary N) is 2. The molecule has 30 heavy (non-hydrogen) atoms. The molecule has 0 saturated heterocycles. The number of carbonyl (C=O) groups is 2. The highest BCUT2D eigenvalue weighted by molar-refractivity contribution is 6.04. The Morgan fingerprint density at radius 3 is 2.23 bits per heavy atom. The molecular weight excluding hydrogens is 376 g/mol. The van der Waals surface area contributed by atoms with Crippen LogP contribution in [0.5, 0.6) is 0 Å². The molecular formula is C24H26N4O2. The fourth-order valence-corrected chi connectivity index (χ4v) is 3.20. The molecule has 3 rings (SSSR count). The van der Waals surface area contributed by atoms with E-state index in [0.717, 1.165) is 17.5 Å². The predicted molar refractivity (Wildman–Crippen MR) is 118 cm³/mol. The minimum Gasteiger partial charge on any atom is -0.349 e. The van der Waals surface area contributed by atoms with Gasteiger partial charge in [0.15, 0.2) is 0 Å². The zero-order chi connectivity index (χ0) is 21.3. The van der Waals surface area contributed by atoms with Crippen molar-refractivity contribution in [2.24, 2.45) is 5.73 Å². The maximum Gasteiger partial charge on any atom is 0.255 e. The lowest BCUT2D eigenvalue weighted by molar-refractivity contribution is -0.122. The van der Waals surface area contributed by atoms with Gasteiger partial charge < -0.3 is 16.4 Å². The Balaban J connectivity index is 1.56. The summed E-state index contributed by atoms with van der Waals surface area (Å²) < 4.78 is 0. The number of nitrogens with two attached hydrogens (primary N) is 1. The van der Waals surface area contributed by atoms with Gasteiger partial charge in [-0.05, 0) is 41.8 Å². The van der Waals surface area contributed by atoms with Gasteiger partial charge in [0, 0.05) is 36.1 Å². The molecule has 0 saturated carbocycles. The summed E-state index contributed by atoms with van der Waals surface area (Å²) in [6.07, 6.45) is 4.20. The molecule has 0 aliphatic heterocycles. The van der Waals surface area contributed by atoms with Gasteiger partial charge in [0.2, 0.25) is 5.91 Å². The summed E-state index contributed by atoms with van der Waals surface area (Å²) in [4.78, 5) is 28.7. The topological polar surface area (TPSA) is 97.1 Å². The van der Waals surface area contributed by atoms with E-state index in [9.17, 15) is 9.59 Å². The number of nitrogens with zero attached hydrogens (tertiary/aromatic N) is 1. The molecule has 6 heteroatoms. The van der Waals surface area contributed by atoms with E-state index in [4.69, 9.17) is 5.73 Å². The third-order valence-electron chi connectivity index (χ3n) is 4.89. The molecule has 0 aliphatic carbocycles. The average Bonchev–Trinajstić information content (AvgIpc) is 2.78. The van der Waals surface area contributed by atoms with Crippen molar-refractivity contribution >= 4 is 17.5 Å². The Kier molecular flexibility index (Phi) is 7.29. The van der Waals surface area contributed by atoms with Gasteiger partial charge in [-0.1, -0.05) is 49.4 Å².